The molecule has 2 rings (SSSR count). The number of benzene rings is 2. The van der Waals surface area contributed by atoms with Gasteiger partial charge in [-0.15, -0.1) is 0 Å². The van der Waals surface area contributed by atoms with Gasteiger partial charge in [-0.25, -0.2) is 8.78 Å². The minimum Gasteiger partial charge on any atom is -0.497 e. The van der Waals surface area contributed by atoms with Gasteiger partial charge in [0.25, 0.3) is 0 Å². The zero-order valence-electron chi connectivity index (χ0n) is 12.5. The number of rotatable bonds is 6. The van der Waals surface area contributed by atoms with Gasteiger partial charge in [0.2, 0.25) is 0 Å². The summed E-state index contributed by atoms with van der Waals surface area (Å²) in [4.78, 5) is 0. The van der Waals surface area contributed by atoms with Crippen molar-refractivity contribution in [1.82, 2.24) is 5.32 Å². The minimum absolute atomic E-state index is 0.119. The topological polar surface area (TPSA) is 41.5 Å². The summed E-state index contributed by atoms with van der Waals surface area (Å²) in [5.41, 5.74) is 0.680. The van der Waals surface area contributed by atoms with Crippen molar-refractivity contribution in [2.75, 3.05) is 13.7 Å². The van der Waals surface area contributed by atoms with E-state index in [1.165, 1.54) is 25.3 Å². The molecule has 0 heterocycles. The number of hydrogen-bond acceptors (Lipinski definition) is 3. The quantitative estimate of drug-likeness (QED) is 0.860. The van der Waals surface area contributed by atoms with Crippen LogP contribution >= 0.6 is 0 Å². The standard InChI is InChI=1S/C17H19F2NO2/c1-11(13-8-7-12(22-2)9-16(13)19)20-10-17(21)14-5-3-4-6-15(14)18/h3-9,11,17,20-21H,10H2,1-2H3. The Hall–Kier alpha value is -1.98. The molecule has 118 valence electrons. The summed E-state index contributed by atoms with van der Waals surface area (Å²) in [6.07, 6.45) is -0.995. The molecule has 2 unspecified atom stereocenters. The van der Waals surface area contributed by atoms with Gasteiger partial charge in [0.15, 0.2) is 0 Å². The predicted molar refractivity (Wildman–Crippen MR) is 80.7 cm³/mol. The summed E-state index contributed by atoms with van der Waals surface area (Å²) in [5, 5.41) is 13.0. The zero-order chi connectivity index (χ0) is 16.1. The van der Waals surface area contributed by atoms with E-state index in [0.717, 1.165) is 0 Å². The van der Waals surface area contributed by atoms with Crippen LogP contribution in [0.2, 0.25) is 0 Å². The van der Waals surface area contributed by atoms with E-state index in [4.69, 9.17) is 4.74 Å². The first-order valence-corrected chi connectivity index (χ1v) is 7.02. The lowest BCUT2D eigenvalue weighted by Gasteiger charge is -2.19. The molecule has 0 spiro atoms. The molecular weight excluding hydrogens is 288 g/mol. The number of hydrogen-bond donors (Lipinski definition) is 2. The molecule has 0 amide bonds. The Morgan fingerprint density at radius 2 is 1.82 bits per heavy atom. The van der Waals surface area contributed by atoms with Crippen LogP contribution < -0.4 is 10.1 Å². The lowest BCUT2D eigenvalue weighted by atomic mass is 10.1. The maximum atomic E-state index is 14.0. The SMILES string of the molecule is COc1ccc(C(C)NCC(O)c2ccccc2F)c(F)c1. The van der Waals surface area contributed by atoms with Crippen LogP contribution in [-0.2, 0) is 0 Å². The smallest absolute Gasteiger partial charge is 0.131 e. The number of methoxy groups -OCH3 is 1. The summed E-state index contributed by atoms with van der Waals surface area (Å²) < 4.78 is 32.5. The van der Waals surface area contributed by atoms with E-state index in [9.17, 15) is 13.9 Å². The van der Waals surface area contributed by atoms with Crippen molar-refractivity contribution in [1.29, 1.82) is 0 Å². The highest BCUT2D eigenvalue weighted by Crippen LogP contribution is 2.23. The molecule has 0 aliphatic carbocycles. The summed E-state index contributed by atoms with van der Waals surface area (Å²) in [6.45, 7) is 1.90. The molecule has 0 saturated carbocycles. The lowest BCUT2D eigenvalue weighted by Crippen LogP contribution is -2.25. The summed E-state index contributed by atoms with van der Waals surface area (Å²) in [7, 11) is 1.47. The summed E-state index contributed by atoms with van der Waals surface area (Å²) in [6, 6.07) is 10.3. The fourth-order valence-electron chi connectivity index (χ4n) is 2.24. The Morgan fingerprint density at radius 3 is 2.45 bits per heavy atom. The second-order valence-electron chi connectivity index (χ2n) is 5.05. The van der Waals surface area contributed by atoms with E-state index in [1.54, 1.807) is 31.2 Å². The molecule has 0 aromatic heterocycles. The van der Waals surface area contributed by atoms with E-state index in [2.05, 4.69) is 5.32 Å². The molecule has 0 fully saturated rings. The maximum Gasteiger partial charge on any atom is 0.131 e. The van der Waals surface area contributed by atoms with Crippen LogP contribution in [0.3, 0.4) is 0 Å². The van der Waals surface area contributed by atoms with Crippen molar-refractivity contribution in [3.05, 3.63) is 65.2 Å². The monoisotopic (exact) mass is 307 g/mol. The molecule has 0 aliphatic rings. The summed E-state index contributed by atoms with van der Waals surface area (Å²) in [5.74, 6) is -0.403. The molecule has 2 aromatic carbocycles. The normalized spacial score (nSPS) is 13.7. The minimum atomic E-state index is -0.995. The van der Waals surface area contributed by atoms with Crippen molar-refractivity contribution in [2.45, 2.75) is 19.1 Å². The average molecular weight is 307 g/mol. The van der Waals surface area contributed by atoms with Gasteiger partial charge in [-0.3, -0.25) is 0 Å². The highest BCUT2D eigenvalue weighted by molar-refractivity contribution is 5.30. The van der Waals surface area contributed by atoms with Gasteiger partial charge in [-0.1, -0.05) is 24.3 Å². The molecule has 0 saturated heterocycles. The number of halogens is 2. The molecular formula is C17H19F2NO2. The third-order valence-electron chi connectivity index (χ3n) is 3.56. The van der Waals surface area contributed by atoms with Crippen LogP contribution in [0.15, 0.2) is 42.5 Å². The van der Waals surface area contributed by atoms with Crippen LogP contribution in [0, 0.1) is 11.6 Å². The van der Waals surface area contributed by atoms with Crippen LogP contribution in [0.5, 0.6) is 5.75 Å². The van der Waals surface area contributed by atoms with Crippen molar-refractivity contribution < 1.29 is 18.6 Å². The largest absolute Gasteiger partial charge is 0.497 e. The van der Waals surface area contributed by atoms with Gasteiger partial charge in [0.05, 0.1) is 13.2 Å². The van der Waals surface area contributed by atoms with E-state index < -0.39 is 11.9 Å². The van der Waals surface area contributed by atoms with Crippen molar-refractivity contribution >= 4 is 0 Å². The highest BCUT2D eigenvalue weighted by Gasteiger charge is 2.16. The first-order valence-electron chi connectivity index (χ1n) is 7.02. The number of aliphatic hydroxyl groups is 1. The molecule has 22 heavy (non-hydrogen) atoms. The average Bonchev–Trinajstić information content (AvgIpc) is 2.52. The first-order chi connectivity index (χ1) is 10.5. The van der Waals surface area contributed by atoms with E-state index in [1.807, 2.05) is 0 Å². The van der Waals surface area contributed by atoms with Crippen molar-refractivity contribution in [3.63, 3.8) is 0 Å². The van der Waals surface area contributed by atoms with E-state index >= 15 is 0 Å². The third kappa shape index (κ3) is 3.81. The Morgan fingerprint density at radius 1 is 1.09 bits per heavy atom. The molecule has 5 heteroatoms. The van der Waals surface area contributed by atoms with Gasteiger partial charge in [0.1, 0.15) is 17.4 Å². The number of aliphatic hydroxyl groups excluding tert-OH is 1. The fourth-order valence-corrected chi connectivity index (χ4v) is 2.24. The highest BCUT2D eigenvalue weighted by atomic mass is 19.1. The molecule has 0 aliphatic heterocycles. The molecule has 0 bridgehead atoms. The zero-order valence-corrected chi connectivity index (χ0v) is 12.5. The molecule has 0 radical (unpaired) electrons. The van der Waals surface area contributed by atoms with Gasteiger partial charge in [-0.2, -0.15) is 0 Å². The lowest BCUT2D eigenvalue weighted by molar-refractivity contribution is 0.166. The number of nitrogens with one attached hydrogen (secondary N) is 1. The van der Waals surface area contributed by atoms with Crippen LogP contribution in [0.25, 0.3) is 0 Å². The molecule has 2 aromatic rings. The summed E-state index contributed by atoms with van der Waals surface area (Å²) >= 11 is 0. The van der Waals surface area contributed by atoms with Gasteiger partial charge in [-0.05, 0) is 19.1 Å². The second kappa shape index (κ2) is 7.33. The Balaban J connectivity index is 2.01. The number of ether oxygens (including phenoxy) is 1. The van der Waals surface area contributed by atoms with Crippen LogP contribution in [0.4, 0.5) is 8.78 Å². The molecule has 2 N–H and O–H groups in total. The third-order valence-corrected chi connectivity index (χ3v) is 3.56. The maximum absolute atomic E-state index is 14.0. The van der Waals surface area contributed by atoms with E-state index in [-0.39, 0.29) is 24.0 Å². The predicted octanol–water partition coefficient (Wildman–Crippen LogP) is 3.36. The Kier molecular flexibility index (Phi) is 5.46. The Labute approximate surface area is 128 Å². The van der Waals surface area contributed by atoms with Crippen LogP contribution in [-0.4, -0.2) is 18.8 Å². The Bertz CT molecular complexity index is 634. The van der Waals surface area contributed by atoms with Gasteiger partial charge < -0.3 is 15.2 Å². The van der Waals surface area contributed by atoms with Crippen molar-refractivity contribution in [2.24, 2.45) is 0 Å². The van der Waals surface area contributed by atoms with Gasteiger partial charge >= 0.3 is 0 Å². The molecule has 3 nitrogen and oxygen atoms in total. The fraction of sp³-hybridized carbons (Fsp3) is 0.294. The van der Waals surface area contributed by atoms with Crippen molar-refractivity contribution in [3.8, 4) is 5.75 Å². The molecule has 2 atom stereocenters. The van der Waals surface area contributed by atoms with Crippen LogP contribution in [0.1, 0.15) is 30.2 Å². The first kappa shape index (κ1) is 16.4. The van der Waals surface area contributed by atoms with E-state index in [0.29, 0.717) is 11.3 Å². The van der Waals surface area contributed by atoms with Gasteiger partial charge in [0, 0.05) is 29.8 Å². The second-order valence-corrected chi connectivity index (χ2v) is 5.05.